The molecule has 0 bridgehead atoms. The molecule has 1 fully saturated rings. The second-order valence-electron chi connectivity index (χ2n) is 12.7. The molecule has 1 saturated heterocycles. The number of nitrogens with one attached hydrogen (secondary N) is 3. The van der Waals surface area contributed by atoms with Crippen molar-refractivity contribution in [2.45, 2.75) is 38.3 Å². The van der Waals surface area contributed by atoms with Crippen molar-refractivity contribution in [3.8, 4) is 17.1 Å². The van der Waals surface area contributed by atoms with Gasteiger partial charge in [0, 0.05) is 37.0 Å². The molecule has 2 aromatic heterocycles. The minimum atomic E-state index is -1.02. The van der Waals surface area contributed by atoms with E-state index in [1.807, 2.05) is 24.4 Å². The molecule has 1 unspecified atom stereocenters. The molecule has 56 heavy (non-hydrogen) atoms. The number of anilines is 1. The molecule has 0 spiro atoms. The van der Waals surface area contributed by atoms with Gasteiger partial charge in [-0.15, -0.1) is 5.10 Å². The van der Waals surface area contributed by atoms with Gasteiger partial charge in [-0.05, 0) is 72.2 Å². The fourth-order valence-electron chi connectivity index (χ4n) is 6.16. The van der Waals surface area contributed by atoms with Crippen LogP contribution in [0.3, 0.4) is 0 Å². The fraction of sp³-hybridized carbons (Fsp3) is 0.405. The summed E-state index contributed by atoms with van der Waals surface area (Å²) in [5.41, 5.74) is 2.64. The summed E-state index contributed by atoms with van der Waals surface area (Å²) in [4.78, 5) is 67.9. The summed E-state index contributed by atoms with van der Waals surface area (Å²) >= 11 is 2.16. The number of rotatable bonds is 21. The van der Waals surface area contributed by atoms with Gasteiger partial charge < -0.3 is 34.0 Å². The Labute approximate surface area is 335 Å². The molecule has 4 aromatic rings. The number of imide groups is 2. The maximum atomic E-state index is 13.2. The smallest absolute Gasteiger partial charge is 0.273 e. The van der Waals surface area contributed by atoms with Crippen molar-refractivity contribution in [3.63, 3.8) is 0 Å². The first kappa shape index (κ1) is 40.4. The van der Waals surface area contributed by atoms with Crippen molar-refractivity contribution < 1.29 is 47.3 Å². The number of ether oxygens (including phenoxy) is 4. The van der Waals surface area contributed by atoms with Gasteiger partial charge in [0.25, 0.3) is 17.7 Å². The van der Waals surface area contributed by atoms with Crippen LogP contribution in [0.2, 0.25) is 0 Å². The first-order valence-corrected chi connectivity index (χ1v) is 19.1. The first-order chi connectivity index (χ1) is 27.2. The molecule has 4 heterocycles. The number of amides is 5. The lowest BCUT2D eigenvalue weighted by Crippen LogP contribution is -2.54. The number of oxazole rings is 1. The van der Waals surface area contributed by atoms with Crippen molar-refractivity contribution in [1.29, 1.82) is 0 Å². The third kappa shape index (κ3) is 9.94. The lowest BCUT2D eigenvalue weighted by molar-refractivity contribution is -0.136. The van der Waals surface area contributed by atoms with Crippen LogP contribution in [0.4, 0.5) is 5.69 Å². The standard InChI is InChI=1S/C37H41IN8O10/c1-52-29-9-7-23(20-26(29)38)33-32(41-22-56-33)35(49)40-11-3-4-24-21-45(44-43-24)13-15-54-17-19-55-18-16-53-14-12-39-27-6-2-5-25-31(27)37(51)46(36(25)50)28-8-10-30(47)42-34(28)48/h2,5-7,9,20-22,28,39H,3-4,8,10-19H2,1H3,(H,40,49)(H,42,47,48). The zero-order valence-electron chi connectivity index (χ0n) is 30.6. The maximum absolute atomic E-state index is 13.2. The van der Waals surface area contributed by atoms with Gasteiger partial charge >= 0.3 is 0 Å². The van der Waals surface area contributed by atoms with Crippen LogP contribution >= 0.6 is 22.6 Å². The number of nitrogens with zero attached hydrogens (tertiary/aromatic N) is 5. The Balaban J connectivity index is 0.788. The molecular formula is C37H41IN8O10. The zero-order valence-corrected chi connectivity index (χ0v) is 32.7. The van der Waals surface area contributed by atoms with Gasteiger partial charge in [0.15, 0.2) is 17.8 Å². The van der Waals surface area contributed by atoms with Crippen LogP contribution in [0, 0.1) is 3.57 Å². The molecule has 19 heteroatoms. The summed E-state index contributed by atoms with van der Waals surface area (Å²) in [5, 5.41) is 16.6. The lowest BCUT2D eigenvalue weighted by Gasteiger charge is -2.27. The molecule has 0 saturated carbocycles. The Morgan fingerprint density at radius 1 is 1.00 bits per heavy atom. The predicted molar refractivity (Wildman–Crippen MR) is 206 cm³/mol. The van der Waals surface area contributed by atoms with E-state index in [0.29, 0.717) is 83.6 Å². The summed E-state index contributed by atoms with van der Waals surface area (Å²) in [6, 6.07) is 9.39. The minimum Gasteiger partial charge on any atom is -0.496 e. The average Bonchev–Trinajstić information content (AvgIpc) is 3.93. The van der Waals surface area contributed by atoms with Crippen LogP contribution in [-0.2, 0) is 36.8 Å². The molecule has 5 amide bonds. The number of carbonyl (C=O) groups excluding carboxylic acids is 5. The van der Waals surface area contributed by atoms with E-state index in [1.54, 1.807) is 30.0 Å². The zero-order chi connectivity index (χ0) is 39.4. The van der Waals surface area contributed by atoms with Gasteiger partial charge in [0.2, 0.25) is 11.8 Å². The number of piperidine rings is 1. The fourth-order valence-corrected chi connectivity index (χ4v) is 6.89. The minimum absolute atomic E-state index is 0.0586. The largest absolute Gasteiger partial charge is 0.496 e. The Kier molecular flexibility index (Phi) is 14.1. The van der Waals surface area contributed by atoms with Crippen LogP contribution in [0.25, 0.3) is 11.3 Å². The molecule has 296 valence electrons. The Bertz CT molecular complexity index is 2050. The number of hydrogen-bond donors (Lipinski definition) is 3. The molecule has 18 nitrogen and oxygen atoms in total. The number of benzene rings is 2. The molecule has 3 N–H and O–H groups in total. The van der Waals surface area contributed by atoms with E-state index in [9.17, 15) is 24.0 Å². The summed E-state index contributed by atoms with van der Waals surface area (Å²) in [6.07, 6.45) is 4.57. The summed E-state index contributed by atoms with van der Waals surface area (Å²) in [5.74, 6) is -1.38. The molecule has 0 radical (unpaired) electrons. The summed E-state index contributed by atoms with van der Waals surface area (Å²) in [6.45, 7) is 3.59. The highest BCUT2D eigenvalue weighted by molar-refractivity contribution is 14.1. The molecule has 2 aliphatic rings. The van der Waals surface area contributed by atoms with Gasteiger partial charge in [-0.3, -0.25) is 34.2 Å². The van der Waals surface area contributed by atoms with Gasteiger partial charge in [-0.25, -0.2) is 9.67 Å². The van der Waals surface area contributed by atoms with E-state index < -0.39 is 29.7 Å². The molecule has 2 aliphatic heterocycles. The number of fused-ring (bicyclic) bond motifs is 1. The van der Waals surface area contributed by atoms with E-state index in [2.05, 4.69) is 53.8 Å². The van der Waals surface area contributed by atoms with Crippen LogP contribution in [0.5, 0.6) is 5.75 Å². The van der Waals surface area contributed by atoms with Crippen molar-refractivity contribution >= 4 is 57.8 Å². The molecule has 0 aliphatic carbocycles. The van der Waals surface area contributed by atoms with Gasteiger partial charge in [0.1, 0.15) is 11.8 Å². The van der Waals surface area contributed by atoms with E-state index in [1.165, 1.54) is 6.39 Å². The number of hydrogen-bond acceptors (Lipinski definition) is 14. The summed E-state index contributed by atoms with van der Waals surface area (Å²) < 4.78 is 30.3. The third-order valence-corrected chi connectivity index (χ3v) is 9.76. The average molecular weight is 885 g/mol. The highest BCUT2D eigenvalue weighted by Gasteiger charge is 2.45. The normalized spacial score (nSPS) is 15.2. The highest BCUT2D eigenvalue weighted by atomic mass is 127. The SMILES string of the molecule is COc1ccc(-c2ocnc2C(=O)NCCCc2cn(CCOCCOCCOCCNc3cccc4c3C(=O)N(C3CCC(=O)NC3=O)C4=O)nn2)cc1I. The number of methoxy groups -OCH3 is 1. The monoisotopic (exact) mass is 884 g/mol. The third-order valence-electron chi connectivity index (χ3n) is 8.92. The molecule has 6 rings (SSSR count). The van der Waals surface area contributed by atoms with Crippen molar-refractivity contribution in [2.24, 2.45) is 0 Å². The summed E-state index contributed by atoms with van der Waals surface area (Å²) in [7, 11) is 1.60. The van der Waals surface area contributed by atoms with Gasteiger partial charge in [-0.2, -0.15) is 0 Å². The van der Waals surface area contributed by atoms with Crippen LogP contribution in [0.1, 0.15) is 56.2 Å². The first-order valence-electron chi connectivity index (χ1n) is 18.0. The lowest BCUT2D eigenvalue weighted by atomic mass is 10.0. The topological polar surface area (TPSA) is 218 Å². The Hall–Kier alpha value is -5.25. The number of aromatic nitrogens is 4. The quantitative estimate of drug-likeness (QED) is 0.0623. The highest BCUT2D eigenvalue weighted by Crippen LogP contribution is 2.32. The van der Waals surface area contributed by atoms with E-state index >= 15 is 0 Å². The van der Waals surface area contributed by atoms with Crippen LogP contribution in [0.15, 0.2) is 53.4 Å². The second-order valence-corrected chi connectivity index (χ2v) is 13.8. The Morgan fingerprint density at radius 2 is 1.79 bits per heavy atom. The molecule has 1 atom stereocenters. The van der Waals surface area contributed by atoms with E-state index in [4.69, 9.17) is 23.4 Å². The maximum Gasteiger partial charge on any atom is 0.273 e. The van der Waals surface area contributed by atoms with Crippen LogP contribution in [-0.4, -0.2) is 120 Å². The number of carbonyl (C=O) groups is 5. The van der Waals surface area contributed by atoms with Crippen molar-refractivity contribution in [1.82, 2.24) is 35.5 Å². The van der Waals surface area contributed by atoms with Crippen molar-refractivity contribution in [3.05, 3.63) is 75.1 Å². The predicted octanol–water partition coefficient (Wildman–Crippen LogP) is 2.47. The molecular weight excluding hydrogens is 843 g/mol. The van der Waals surface area contributed by atoms with Crippen LogP contribution < -0.4 is 20.7 Å². The Morgan fingerprint density at radius 3 is 2.55 bits per heavy atom. The van der Waals surface area contributed by atoms with Crippen molar-refractivity contribution in [2.75, 3.05) is 65.2 Å². The van der Waals surface area contributed by atoms with E-state index in [-0.39, 0.29) is 35.6 Å². The second kappa shape index (κ2) is 19.6. The van der Waals surface area contributed by atoms with Gasteiger partial charge in [-0.1, -0.05) is 11.3 Å². The number of aryl methyl sites for hydroxylation is 1. The number of halogens is 1. The van der Waals surface area contributed by atoms with E-state index in [0.717, 1.165) is 25.5 Å². The van der Waals surface area contributed by atoms with Gasteiger partial charge in [0.05, 0.1) is 73.7 Å². The molecule has 2 aromatic carbocycles.